The van der Waals surface area contributed by atoms with Crippen molar-refractivity contribution in [3.63, 3.8) is 0 Å². The fraction of sp³-hybridized carbons (Fsp3) is 0.409. The molecule has 2 aliphatic carbocycles. The van der Waals surface area contributed by atoms with Crippen molar-refractivity contribution in [2.45, 2.75) is 103 Å². The predicted octanol–water partition coefficient (Wildman–Crippen LogP) is 7.48. The summed E-state index contributed by atoms with van der Waals surface area (Å²) in [6.45, 7) is 8.13. The molecule has 2 aliphatic rings. The molecule has 0 fully saturated rings. The van der Waals surface area contributed by atoms with E-state index in [1.165, 1.54) is 25.0 Å². The fourth-order valence-corrected chi connectivity index (χ4v) is 8.23. The minimum absolute atomic E-state index is 0.123. The van der Waals surface area contributed by atoms with Crippen molar-refractivity contribution in [2.75, 3.05) is 13.2 Å². The molecule has 0 heterocycles. The Kier molecular flexibility index (Phi) is 14.4. The predicted molar refractivity (Wildman–Crippen MR) is 220 cm³/mol. The first-order valence-electron chi connectivity index (χ1n) is 19.6. The lowest BCUT2D eigenvalue weighted by Gasteiger charge is -2.22. The van der Waals surface area contributed by atoms with Gasteiger partial charge in [0, 0.05) is 36.3 Å². The summed E-state index contributed by atoms with van der Waals surface area (Å²) in [7, 11) is 0. The Morgan fingerprint density at radius 2 is 1.24 bits per heavy atom. The molecule has 4 aromatic rings. The van der Waals surface area contributed by atoms with Crippen LogP contribution in [0.25, 0.3) is 11.1 Å². The minimum atomic E-state index is -1.15. The van der Waals surface area contributed by atoms with Gasteiger partial charge in [-0.1, -0.05) is 59.6 Å². The number of rotatable bonds is 20. The second-order valence-corrected chi connectivity index (χ2v) is 15.2. The maximum absolute atomic E-state index is 11.6. The number of hydrogen-bond acceptors (Lipinski definition) is 11. The number of aliphatic hydroxyl groups excluding tert-OH is 2. The average molecular weight is 838 g/mol. The molecule has 0 bridgehead atoms. The van der Waals surface area contributed by atoms with Gasteiger partial charge in [0.25, 0.3) is 6.47 Å². The van der Waals surface area contributed by atoms with Crippen molar-refractivity contribution < 1.29 is 48.6 Å². The molecule has 0 unspecified atom stereocenters. The maximum atomic E-state index is 11.6. The van der Waals surface area contributed by atoms with Crippen molar-refractivity contribution in [3.8, 4) is 34.1 Å². The molecular formula is C44H50Cl2N2O10. The molecule has 0 radical (unpaired) electrons. The Morgan fingerprint density at radius 1 is 0.759 bits per heavy atom. The van der Waals surface area contributed by atoms with Gasteiger partial charge in [0.15, 0.2) is 6.23 Å². The Labute approximate surface area is 348 Å². The van der Waals surface area contributed by atoms with Crippen molar-refractivity contribution in [3.05, 3.63) is 104 Å². The van der Waals surface area contributed by atoms with Crippen LogP contribution < -0.4 is 29.6 Å². The van der Waals surface area contributed by atoms with E-state index in [1.54, 1.807) is 24.3 Å². The second kappa shape index (κ2) is 19.5. The Morgan fingerprint density at radius 3 is 1.66 bits per heavy atom. The molecule has 12 nitrogen and oxygen atoms in total. The molecule has 0 aliphatic heterocycles. The van der Waals surface area contributed by atoms with E-state index in [2.05, 4.69) is 47.0 Å². The van der Waals surface area contributed by atoms with Gasteiger partial charge >= 0.3 is 5.97 Å². The summed E-state index contributed by atoms with van der Waals surface area (Å²) in [6.07, 6.45) is -0.262. The van der Waals surface area contributed by atoms with Crippen LogP contribution >= 0.6 is 23.2 Å². The van der Waals surface area contributed by atoms with Gasteiger partial charge < -0.3 is 39.0 Å². The lowest BCUT2D eigenvalue weighted by Crippen LogP contribution is -2.44. The number of halogens is 2. The Bertz CT molecular complexity index is 2090. The van der Waals surface area contributed by atoms with Crippen molar-refractivity contribution in [1.29, 1.82) is 0 Å². The van der Waals surface area contributed by atoms with E-state index in [1.807, 2.05) is 13.8 Å². The molecule has 0 aromatic heterocycles. The summed E-state index contributed by atoms with van der Waals surface area (Å²) in [5, 5.41) is 36.1. The molecule has 6 rings (SSSR count). The summed E-state index contributed by atoms with van der Waals surface area (Å²) in [4.78, 5) is 22.5. The third kappa shape index (κ3) is 9.65. The average Bonchev–Trinajstić information content (AvgIpc) is 3.80. The van der Waals surface area contributed by atoms with Crippen molar-refractivity contribution in [1.82, 2.24) is 10.6 Å². The molecule has 6 atom stereocenters. The Balaban J connectivity index is 1.21. The number of carboxylic acid groups (broad SMARTS) is 1. The molecule has 4 aromatic carbocycles. The van der Waals surface area contributed by atoms with Gasteiger partial charge in [-0.05, 0) is 98.9 Å². The number of fused-ring (bicyclic) bond motifs is 2. The van der Waals surface area contributed by atoms with Crippen LogP contribution in [0.15, 0.2) is 60.7 Å². The molecule has 0 saturated heterocycles. The van der Waals surface area contributed by atoms with Crippen LogP contribution in [0, 0.1) is 0 Å². The highest BCUT2D eigenvalue weighted by Gasteiger charge is 2.32. The molecule has 310 valence electrons. The molecule has 0 amide bonds. The van der Waals surface area contributed by atoms with Crippen molar-refractivity contribution >= 4 is 35.6 Å². The molecule has 0 spiro atoms. The monoisotopic (exact) mass is 836 g/mol. The van der Waals surface area contributed by atoms with Gasteiger partial charge in [-0.3, -0.25) is 20.2 Å². The molecule has 5 N–H and O–H groups in total. The van der Waals surface area contributed by atoms with E-state index in [9.17, 15) is 24.9 Å². The first-order chi connectivity index (χ1) is 27.9. The summed E-state index contributed by atoms with van der Waals surface area (Å²) in [5.74, 6) is 0.891. The van der Waals surface area contributed by atoms with Gasteiger partial charge in [-0.2, -0.15) is 0 Å². The van der Waals surface area contributed by atoms with Crippen LogP contribution in [0.4, 0.5) is 0 Å². The highest BCUT2D eigenvalue weighted by atomic mass is 35.5. The summed E-state index contributed by atoms with van der Waals surface area (Å²) >= 11 is 13.6. The number of aliphatic carboxylic acids is 1. The number of carboxylic acids is 1. The molecule has 0 saturated carbocycles. The van der Waals surface area contributed by atoms with E-state index in [4.69, 9.17) is 46.9 Å². The number of hydrogen-bond donors (Lipinski definition) is 5. The minimum Gasteiger partial charge on any atom is -0.493 e. The van der Waals surface area contributed by atoms with Gasteiger partial charge in [-0.25, -0.2) is 0 Å². The zero-order chi connectivity index (χ0) is 41.5. The van der Waals surface area contributed by atoms with Gasteiger partial charge in [0.2, 0.25) is 0 Å². The normalized spacial score (nSPS) is 17.7. The van der Waals surface area contributed by atoms with Gasteiger partial charge in [-0.15, -0.1) is 0 Å². The van der Waals surface area contributed by atoms with Crippen LogP contribution in [-0.4, -0.2) is 65.5 Å². The second-order valence-electron chi connectivity index (χ2n) is 14.4. The van der Waals surface area contributed by atoms with E-state index < -0.39 is 30.4 Å². The Hall–Kier alpha value is -4.56. The third-order valence-electron chi connectivity index (χ3n) is 10.5. The van der Waals surface area contributed by atoms with Crippen LogP contribution in [0.3, 0.4) is 0 Å². The lowest BCUT2D eigenvalue weighted by atomic mass is 9.91. The molecule has 58 heavy (non-hydrogen) atoms. The third-order valence-corrected chi connectivity index (χ3v) is 11.1. The quantitative estimate of drug-likeness (QED) is 0.0441. The van der Waals surface area contributed by atoms with E-state index >= 15 is 0 Å². The van der Waals surface area contributed by atoms with Crippen LogP contribution in [0.2, 0.25) is 10.0 Å². The fourth-order valence-electron chi connectivity index (χ4n) is 7.76. The smallest absolute Gasteiger partial charge is 0.323 e. The number of benzene rings is 4. The van der Waals surface area contributed by atoms with Crippen LogP contribution in [-0.2, 0) is 40.3 Å². The summed E-state index contributed by atoms with van der Waals surface area (Å²) < 4.78 is 30.0. The van der Waals surface area contributed by atoms with Gasteiger partial charge in [0.1, 0.15) is 47.4 Å². The standard InChI is InChI=1S/C44H50Cl2N2O10/c1-5-54-38-19-40(34(45)17-26(38)21-47-42(24(3)50)44(52)53)57-36-15-13-30-28(9-7-11-32(30)36)29-10-8-12-33-31(29)14-16-37(33)58-41-20-39(55-6-2)27(18-35(41)46)22-48-43(25(4)51)56-23-49/h7-12,17-20,23-25,36-37,42-43,47-48,50-51H,5-6,13-16,21-22H2,1-4H3,(H,52,53)/t24-,25-,36+,37+,42+,43-/m1/s1. The first kappa shape index (κ1) is 43.0. The maximum Gasteiger partial charge on any atom is 0.323 e. The summed E-state index contributed by atoms with van der Waals surface area (Å²) in [6, 6.07) is 18.5. The number of nitrogens with one attached hydrogen (secondary N) is 2. The SMILES string of the molecule is CCOc1cc(O[C@H]2CCc3c(-c4cccc5c4CC[C@@H]5Oc4cc(OCC)c(CN[C@H](C(=O)O)[C@@H](C)O)cc4Cl)cccc32)c(Cl)cc1CN[C@H](OC=O)[C@@H](C)O. The van der Waals surface area contributed by atoms with E-state index in [0.29, 0.717) is 58.3 Å². The van der Waals surface area contributed by atoms with E-state index in [-0.39, 0.29) is 25.3 Å². The highest BCUT2D eigenvalue weighted by Crippen LogP contribution is 2.47. The zero-order valence-electron chi connectivity index (χ0n) is 32.9. The first-order valence-corrected chi connectivity index (χ1v) is 20.3. The highest BCUT2D eigenvalue weighted by molar-refractivity contribution is 6.32. The lowest BCUT2D eigenvalue weighted by molar-refractivity contribution is -0.142. The van der Waals surface area contributed by atoms with Gasteiger partial charge in [0.05, 0.1) is 29.4 Å². The topological polar surface area (TPSA) is 165 Å². The molecular weight excluding hydrogens is 787 g/mol. The number of carbonyl (C=O) groups is 2. The van der Waals surface area contributed by atoms with Crippen LogP contribution in [0.5, 0.6) is 23.0 Å². The van der Waals surface area contributed by atoms with Crippen molar-refractivity contribution in [2.24, 2.45) is 0 Å². The largest absolute Gasteiger partial charge is 0.493 e. The van der Waals surface area contributed by atoms with Crippen LogP contribution in [0.1, 0.15) is 86.1 Å². The summed E-state index contributed by atoms with van der Waals surface area (Å²) in [5.41, 5.74) is 8.30. The zero-order valence-corrected chi connectivity index (χ0v) is 34.4. The number of ether oxygens (including phenoxy) is 5. The number of carbonyl (C=O) groups excluding carboxylic acids is 1. The molecule has 14 heteroatoms. The number of aliphatic hydroxyl groups is 2. The van der Waals surface area contributed by atoms with E-state index in [0.717, 1.165) is 53.5 Å².